The Hall–Kier alpha value is -1.81. The molecular weight excluding hydrogens is 294 g/mol. The highest BCUT2D eigenvalue weighted by Crippen LogP contribution is 2.21. The lowest BCUT2D eigenvalue weighted by Gasteiger charge is -2.10. The van der Waals surface area contributed by atoms with Gasteiger partial charge in [-0.3, -0.25) is 4.79 Å². The minimum atomic E-state index is 0.0542. The molecule has 3 nitrogen and oxygen atoms in total. The fourth-order valence-corrected chi connectivity index (χ4v) is 3.50. The van der Waals surface area contributed by atoms with E-state index in [0.717, 1.165) is 29.0 Å². The standard InChI is InChI=1S/C18H21NO2S/c1-13-6-8-16(9-7-13)21-11-14-10-17(22-12-14)18(20)19-15-4-2-3-5-15/h6-10,12,15H,2-5,11H2,1H3,(H,19,20). The minimum Gasteiger partial charge on any atom is -0.489 e. The van der Waals surface area contributed by atoms with E-state index in [1.54, 1.807) is 0 Å². The molecule has 0 spiro atoms. The molecule has 4 heteroatoms. The van der Waals surface area contributed by atoms with Gasteiger partial charge in [0.25, 0.3) is 5.91 Å². The largest absolute Gasteiger partial charge is 0.489 e. The lowest BCUT2D eigenvalue weighted by Crippen LogP contribution is -2.31. The normalized spacial score (nSPS) is 15.0. The van der Waals surface area contributed by atoms with Crippen molar-refractivity contribution < 1.29 is 9.53 Å². The van der Waals surface area contributed by atoms with E-state index >= 15 is 0 Å². The molecule has 0 saturated heterocycles. The van der Waals surface area contributed by atoms with Crippen molar-refractivity contribution in [1.82, 2.24) is 5.32 Å². The van der Waals surface area contributed by atoms with Gasteiger partial charge in [0, 0.05) is 11.6 Å². The zero-order chi connectivity index (χ0) is 15.4. The fraction of sp³-hybridized carbons (Fsp3) is 0.389. The summed E-state index contributed by atoms with van der Waals surface area (Å²) >= 11 is 1.49. The Bertz CT molecular complexity index is 627. The Labute approximate surface area is 135 Å². The average molecular weight is 315 g/mol. The summed E-state index contributed by atoms with van der Waals surface area (Å²) in [5.41, 5.74) is 2.26. The molecule has 1 N–H and O–H groups in total. The second-order valence-electron chi connectivity index (χ2n) is 5.88. The summed E-state index contributed by atoms with van der Waals surface area (Å²) in [6.07, 6.45) is 4.68. The Morgan fingerprint density at radius 3 is 2.73 bits per heavy atom. The molecule has 116 valence electrons. The first-order valence-corrected chi connectivity index (χ1v) is 8.66. The van der Waals surface area contributed by atoms with Gasteiger partial charge in [-0.25, -0.2) is 0 Å². The van der Waals surface area contributed by atoms with Crippen LogP contribution in [0.4, 0.5) is 0 Å². The number of rotatable bonds is 5. The maximum Gasteiger partial charge on any atom is 0.261 e. The molecule has 1 amide bonds. The van der Waals surface area contributed by atoms with E-state index in [4.69, 9.17) is 4.74 Å². The van der Waals surface area contributed by atoms with Crippen molar-refractivity contribution in [3.8, 4) is 5.75 Å². The Balaban J connectivity index is 1.54. The van der Waals surface area contributed by atoms with Crippen molar-refractivity contribution in [3.63, 3.8) is 0 Å². The molecule has 0 atom stereocenters. The van der Waals surface area contributed by atoms with E-state index in [2.05, 4.69) is 12.2 Å². The van der Waals surface area contributed by atoms with E-state index in [-0.39, 0.29) is 5.91 Å². The van der Waals surface area contributed by atoms with Crippen LogP contribution in [-0.4, -0.2) is 11.9 Å². The number of benzene rings is 1. The van der Waals surface area contributed by atoms with Gasteiger partial charge in [0.05, 0.1) is 4.88 Å². The number of carbonyl (C=O) groups is 1. The van der Waals surface area contributed by atoms with E-state index in [9.17, 15) is 4.79 Å². The summed E-state index contributed by atoms with van der Waals surface area (Å²) in [6, 6.07) is 10.3. The van der Waals surface area contributed by atoms with Gasteiger partial charge < -0.3 is 10.1 Å². The molecule has 0 unspecified atom stereocenters. The van der Waals surface area contributed by atoms with Crippen LogP contribution in [0.3, 0.4) is 0 Å². The highest BCUT2D eigenvalue weighted by Gasteiger charge is 2.18. The molecule has 1 aromatic carbocycles. The van der Waals surface area contributed by atoms with Gasteiger partial charge in [-0.15, -0.1) is 11.3 Å². The van der Waals surface area contributed by atoms with Crippen LogP contribution >= 0.6 is 11.3 Å². The lowest BCUT2D eigenvalue weighted by molar-refractivity contribution is 0.0942. The Kier molecular flexibility index (Phi) is 4.78. The maximum absolute atomic E-state index is 12.2. The van der Waals surface area contributed by atoms with Gasteiger partial charge in [-0.1, -0.05) is 30.5 Å². The van der Waals surface area contributed by atoms with Crippen molar-refractivity contribution in [2.24, 2.45) is 0 Å². The zero-order valence-corrected chi connectivity index (χ0v) is 13.6. The number of aryl methyl sites for hydroxylation is 1. The molecule has 1 fully saturated rings. The minimum absolute atomic E-state index is 0.0542. The lowest BCUT2D eigenvalue weighted by atomic mass is 10.2. The average Bonchev–Trinajstić information content (AvgIpc) is 3.18. The number of hydrogen-bond donors (Lipinski definition) is 1. The summed E-state index contributed by atoms with van der Waals surface area (Å²) < 4.78 is 5.75. The highest BCUT2D eigenvalue weighted by molar-refractivity contribution is 7.12. The fourth-order valence-electron chi connectivity index (χ4n) is 2.70. The van der Waals surface area contributed by atoms with Crippen LogP contribution in [0.2, 0.25) is 0 Å². The smallest absolute Gasteiger partial charge is 0.261 e. The number of hydrogen-bond acceptors (Lipinski definition) is 3. The summed E-state index contributed by atoms with van der Waals surface area (Å²) in [7, 11) is 0. The van der Waals surface area contributed by atoms with Crippen LogP contribution in [0.5, 0.6) is 5.75 Å². The zero-order valence-electron chi connectivity index (χ0n) is 12.8. The number of ether oxygens (including phenoxy) is 1. The van der Waals surface area contributed by atoms with Gasteiger partial charge in [-0.2, -0.15) is 0 Å². The third-order valence-corrected chi connectivity index (χ3v) is 4.97. The molecule has 1 aliphatic carbocycles. The third-order valence-electron chi connectivity index (χ3n) is 3.99. The van der Waals surface area contributed by atoms with Gasteiger partial charge in [0.15, 0.2) is 0 Å². The molecular formula is C18H21NO2S. The third kappa shape index (κ3) is 3.89. The first-order valence-electron chi connectivity index (χ1n) is 7.78. The van der Waals surface area contributed by atoms with Gasteiger partial charge in [0.1, 0.15) is 12.4 Å². The quantitative estimate of drug-likeness (QED) is 0.893. The second-order valence-corrected chi connectivity index (χ2v) is 6.79. The van der Waals surface area contributed by atoms with Crippen molar-refractivity contribution in [3.05, 3.63) is 51.7 Å². The van der Waals surface area contributed by atoms with E-state index < -0.39 is 0 Å². The van der Waals surface area contributed by atoms with Crippen LogP contribution in [-0.2, 0) is 6.61 Å². The van der Waals surface area contributed by atoms with Gasteiger partial charge >= 0.3 is 0 Å². The van der Waals surface area contributed by atoms with E-state index in [0.29, 0.717) is 12.6 Å². The predicted molar refractivity (Wildman–Crippen MR) is 89.6 cm³/mol. The van der Waals surface area contributed by atoms with Crippen molar-refractivity contribution in [2.75, 3.05) is 0 Å². The molecule has 3 rings (SSSR count). The van der Waals surface area contributed by atoms with Crippen molar-refractivity contribution in [2.45, 2.75) is 45.3 Å². The molecule has 2 aromatic rings. The van der Waals surface area contributed by atoms with E-state index in [1.807, 2.05) is 35.7 Å². The Morgan fingerprint density at radius 1 is 1.27 bits per heavy atom. The second kappa shape index (κ2) is 6.97. The van der Waals surface area contributed by atoms with Crippen LogP contribution in [0, 0.1) is 6.92 Å². The molecule has 1 saturated carbocycles. The van der Waals surface area contributed by atoms with Gasteiger partial charge in [0.2, 0.25) is 0 Å². The van der Waals surface area contributed by atoms with Crippen LogP contribution in [0.15, 0.2) is 35.7 Å². The van der Waals surface area contributed by atoms with Crippen LogP contribution in [0.1, 0.15) is 46.5 Å². The predicted octanol–water partition coefficient (Wildman–Crippen LogP) is 4.31. The molecule has 0 bridgehead atoms. The summed E-state index contributed by atoms with van der Waals surface area (Å²) in [4.78, 5) is 13.0. The van der Waals surface area contributed by atoms with Crippen LogP contribution in [0.25, 0.3) is 0 Å². The molecule has 0 aliphatic heterocycles. The molecule has 1 aliphatic rings. The number of carbonyl (C=O) groups excluding carboxylic acids is 1. The number of nitrogens with one attached hydrogen (secondary N) is 1. The number of amides is 1. The SMILES string of the molecule is Cc1ccc(OCc2csc(C(=O)NC3CCCC3)c2)cc1. The Morgan fingerprint density at radius 2 is 2.00 bits per heavy atom. The summed E-state index contributed by atoms with van der Waals surface area (Å²) in [6.45, 7) is 2.55. The summed E-state index contributed by atoms with van der Waals surface area (Å²) in [5, 5.41) is 5.12. The monoisotopic (exact) mass is 315 g/mol. The molecule has 1 aromatic heterocycles. The molecule has 1 heterocycles. The topological polar surface area (TPSA) is 38.3 Å². The number of thiophene rings is 1. The first kappa shape index (κ1) is 15.1. The highest BCUT2D eigenvalue weighted by atomic mass is 32.1. The molecule has 22 heavy (non-hydrogen) atoms. The van der Waals surface area contributed by atoms with Crippen molar-refractivity contribution in [1.29, 1.82) is 0 Å². The van der Waals surface area contributed by atoms with Crippen molar-refractivity contribution >= 4 is 17.2 Å². The maximum atomic E-state index is 12.2. The summed E-state index contributed by atoms with van der Waals surface area (Å²) in [5.74, 6) is 0.909. The first-order chi connectivity index (χ1) is 10.7. The van der Waals surface area contributed by atoms with E-state index in [1.165, 1.54) is 29.7 Å². The van der Waals surface area contributed by atoms with Crippen LogP contribution < -0.4 is 10.1 Å². The van der Waals surface area contributed by atoms with Gasteiger partial charge in [-0.05, 0) is 43.3 Å². The molecule has 0 radical (unpaired) electrons.